The van der Waals surface area contributed by atoms with Gasteiger partial charge in [-0.05, 0) is 106 Å². The average Bonchev–Trinajstić information content (AvgIpc) is 1.86. The van der Waals surface area contributed by atoms with Crippen LogP contribution >= 0.6 is 0 Å². The Labute approximate surface area is 364 Å². The van der Waals surface area contributed by atoms with Gasteiger partial charge in [-0.25, -0.2) is 0 Å². The van der Waals surface area contributed by atoms with Crippen LogP contribution in [0.25, 0.3) is 110 Å². The number of nitrogens with zero attached hydrogens (tertiary/aromatic N) is 2. The second-order valence-corrected chi connectivity index (χ2v) is 13.0. The Balaban J connectivity index is 1.25. The van der Waals surface area contributed by atoms with E-state index >= 15 is 0 Å². The zero-order valence-electron chi connectivity index (χ0n) is 54.0. The van der Waals surface area contributed by atoms with Crippen molar-refractivity contribution in [2.45, 2.75) is 0 Å². The summed E-state index contributed by atoms with van der Waals surface area (Å²) in [5, 5.41) is -2.73. The highest BCUT2D eigenvalue weighted by Gasteiger charge is 2.20. The number of rotatable bonds is 5. The summed E-state index contributed by atoms with van der Waals surface area (Å²) in [6, 6.07) is -4.55. The van der Waals surface area contributed by atoms with E-state index in [1.54, 1.807) is 24.3 Å². The molecule has 12 aromatic rings. The van der Waals surface area contributed by atoms with Crippen LogP contribution in [0.2, 0.25) is 0 Å². The molecule has 3 nitrogen and oxygen atoms in total. The molecule has 9 aromatic carbocycles. The maximum Gasteiger partial charge on any atom is 0.137 e. The number of hydrogen-bond acceptors (Lipinski definition) is 1. The van der Waals surface area contributed by atoms with Gasteiger partial charge in [-0.15, -0.1) is 0 Å². The lowest BCUT2D eigenvalue weighted by Gasteiger charge is -2.11. The smallest absolute Gasteiger partial charge is 0.137 e. The first-order chi connectivity index (χ1) is 38.7. The molecule has 57 heavy (non-hydrogen) atoms. The van der Waals surface area contributed by atoms with Crippen LogP contribution in [-0.2, 0) is 0 Å². The Hall–Kier alpha value is -7.62. The van der Waals surface area contributed by atoms with Crippen molar-refractivity contribution in [2.75, 3.05) is 0 Å². The highest BCUT2D eigenvalue weighted by Crippen LogP contribution is 2.42. The zero-order chi connectivity index (χ0) is 59.2. The SMILES string of the molecule is [2H]c1c([2H])c([2H])c(-c2c([2H])c([2H])c3oc4c([2H])c([2H])c([2H])c(-n5c6c([2H])c([2H])c([2H])c([2H])c6c6c([2H])c(-c7c([2H])c([2H])c8c(c7[2H])c7c([2H])c([2H])c([2H])c([2H])c7n8-c7cccc(-c8ccccc8)c7)c([2H])c([2H])c65)c4c3c2[2H])c([2H])c1[2H]. The van der Waals surface area contributed by atoms with Gasteiger partial charge in [0.1, 0.15) is 11.2 Å². The molecule has 0 unspecified atom stereocenters. The van der Waals surface area contributed by atoms with Crippen LogP contribution in [0.5, 0.6) is 0 Å². The van der Waals surface area contributed by atoms with Gasteiger partial charge in [0.2, 0.25) is 0 Å². The summed E-state index contributed by atoms with van der Waals surface area (Å²) in [5.41, 5.74) is -4.58. The molecule has 3 aromatic heterocycles. The largest absolute Gasteiger partial charge is 0.456 e. The minimum Gasteiger partial charge on any atom is -0.456 e. The van der Waals surface area contributed by atoms with Crippen LogP contribution in [0.15, 0.2) is 210 Å². The molecule has 0 aliphatic heterocycles. The number of benzene rings is 9. The van der Waals surface area contributed by atoms with Gasteiger partial charge in [0.05, 0.1) is 67.4 Å². The van der Waals surface area contributed by atoms with E-state index in [4.69, 9.17) is 22.2 Å². The highest BCUT2D eigenvalue weighted by atomic mass is 16.3. The molecule has 0 aliphatic rings. The lowest BCUT2D eigenvalue weighted by atomic mass is 10.0. The molecule has 0 radical (unpaired) electrons. The van der Waals surface area contributed by atoms with E-state index in [9.17, 15) is 16.4 Å². The van der Waals surface area contributed by atoms with Crippen LogP contribution in [0.4, 0.5) is 0 Å². The monoisotopic (exact) mass is 751 g/mol. The first-order valence-electron chi connectivity index (χ1n) is 30.0. The van der Waals surface area contributed by atoms with Crippen molar-refractivity contribution < 1.29 is 38.7 Å². The van der Waals surface area contributed by atoms with E-state index in [1.807, 2.05) is 30.3 Å². The predicted octanol–water partition coefficient (Wildman–Crippen LogP) is 14.8. The van der Waals surface area contributed by atoms with E-state index < -0.39 is 223 Å². The average molecular weight is 752 g/mol. The zero-order valence-corrected chi connectivity index (χ0v) is 29.0. The van der Waals surface area contributed by atoms with Gasteiger partial charge in [-0.3, -0.25) is 0 Å². The standard InChI is InChI=1S/C54H34N2O/c1-3-13-35(14-4-1)37-17-11-18-41(31-37)55-47-21-9-7-19-42(47)44-32-39(25-28-49(44)55)40-26-29-50-45(33-40)43-20-8-10-22-48(43)56(50)51-23-12-24-53-54(51)46-34-38(27-30-52(46)57-53)36-15-5-2-6-16-36/h1-34H/i2D,5D,6D,7D,8D,9D,10D,12D,15D,16D,19D,20D,21D,22D,23D,24D,25D,26D,27D,28D,29D,30D,32D,33D,34D. The Morgan fingerprint density at radius 2 is 0.965 bits per heavy atom. The third-order valence-electron chi connectivity index (χ3n) is 9.80. The fraction of sp³-hybridized carbons (Fsp3) is 0. The quantitative estimate of drug-likeness (QED) is 0.172. The molecule has 3 heteroatoms. The summed E-state index contributed by atoms with van der Waals surface area (Å²) in [5.74, 6) is 0. The van der Waals surface area contributed by atoms with Gasteiger partial charge in [0.25, 0.3) is 0 Å². The van der Waals surface area contributed by atoms with Gasteiger partial charge in [0.15, 0.2) is 0 Å². The molecular formula is C54H34N2O. The van der Waals surface area contributed by atoms with Crippen LogP contribution in [0.3, 0.4) is 0 Å². The summed E-state index contributed by atoms with van der Waals surface area (Å²) in [4.78, 5) is 0. The number of furan rings is 1. The molecular weight excluding hydrogens is 693 g/mol. The Bertz CT molecular complexity index is 4960. The number of fused-ring (bicyclic) bond motifs is 9. The first kappa shape index (κ1) is 15.9. The van der Waals surface area contributed by atoms with Gasteiger partial charge >= 0.3 is 0 Å². The van der Waals surface area contributed by atoms with Crippen molar-refractivity contribution >= 4 is 65.6 Å². The van der Waals surface area contributed by atoms with Gasteiger partial charge in [-0.2, -0.15) is 0 Å². The molecule has 0 saturated heterocycles. The highest BCUT2D eigenvalue weighted by molar-refractivity contribution is 6.16. The summed E-state index contributed by atoms with van der Waals surface area (Å²) in [6.45, 7) is 0. The minimum atomic E-state index is -0.959. The Kier molecular flexibility index (Phi) is 3.46. The molecule has 266 valence electrons. The Morgan fingerprint density at radius 1 is 0.368 bits per heavy atom. The van der Waals surface area contributed by atoms with E-state index in [1.165, 1.54) is 4.57 Å². The van der Waals surface area contributed by atoms with Crippen LogP contribution in [-0.4, -0.2) is 9.13 Å². The fourth-order valence-corrected chi connectivity index (χ4v) is 7.32. The van der Waals surface area contributed by atoms with Crippen molar-refractivity contribution in [1.82, 2.24) is 9.13 Å². The number of aromatic nitrogens is 2. The second-order valence-electron chi connectivity index (χ2n) is 13.0. The lowest BCUT2D eigenvalue weighted by Crippen LogP contribution is -1.95. The van der Waals surface area contributed by atoms with Crippen molar-refractivity contribution in [1.29, 1.82) is 0 Å². The van der Waals surface area contributed by atoms with Crippen molar-refractivity contribution in [2.24, 2.45) is 0 Å². The summed E-state index contributed by atoms with van der Waals surface area (Å²) in [7, 11) is 0. The first-order valence-corrected chi connectivity index (χ1v) is 17.5. The summed E-state index contributed by atoms with van der Waals surface area (Å²) < 4.78 is 237. The minimum absolute atomic E-state index is 0.179. The molecule has 0 spiro atoms. The number of hydrogen-bond donors (Lipinski definition) is 0. The number of para-hydroxylation sites is 2. The van der Waals surface area contributed by atoms with Crippen molar-refractivity contribution in [3.05, 3.63) is 206 Å². The van der Waals surface area contributed by atoms with Crippen molar-refractivity contribution in [3.8, 4) is 44.8 Å². The third kappa shape index (κ3) is 4.92. The van der Waals surface area contributed by atoms with E-state index in [2.05, 4.69) is 0 Å². The maximum absolute atomic E-state index is 10.1. The van der Waals surface area contributed by atoms with E-state index in [0.29, 0.717) is 5.56 Å². The molecule has 0 aliphatic carbocycles. The Morgan fingerprint density at radius 3 is 1.72 bits per heavy atom. The molecule has 0 atom stereocenters. The molecule has 0 bridgehead atoms. The summed E-state index contributed by atoms with van der Waals surface area (Å²) >= 11 is 0. The lowest BCUT2D eigenvalue weighted by molar-refractivity contribution is 0.669. The molecule has 3 heterocycles. The summed E-state index contributed by atoms with van der Waals surface area (Å²) in [6.07, 6.45) is 0. The molecule has 12 rings (SSSR count). The fourth-order valence-electron chi connectivity index (χ4n) is 7.32. The topological polar surface area (TPSA) is 23.0 Å². The van der Waals surface area contributed by atoms with Crippen LogP contribution in [0, 0.1) is 0 Å². The molecule has 0 fully saturated rings. The van der Waals surface area contributed by atoms with E-state index in [0.717, 1.165) is 10.1 Å². The van der Waals surface area contributed by atoms with Crippen LogP contribution in [0.1, 0.15) is 34.3 Å². The van der Waals surface area contributed by atoms with Gasteiger partial charge in [0, 0.05) is 32.6 Å². The van der Waals surface area contributed by atoms with E-state index in [-0.39, 0.29) is 27.5 Å². The van der Waals surface area contributed by atoms with Crippen LogP contribution < -0.4 is 0 Å². The third-order valence-corrected chi connectivity index (χ3v) is 9.80. The molecule has 0 amide bonds. The normalized spacial score (nSPS) is 18.0. The molecule has 0 N–H and O–H groups in total. The second kappa shape index (κ2) is 12.5. The predicted molar refractivity (Wildman–Crippen MR) is 239 cm³/mol. The van der Waals surface area contributed by atoms with Gasteiger partial charge in [-0.1, -0.05) is 133 Å². The van der Waals surface area contributed by atoms with Gasteiger partial charge < -0.3 is 13.6 Å². The molecule has 0 saturated carbocycles. The van der Waals surface area contributed by atoms with Crippen molar-refractivity contribution in [3.63, 3.8) is 0 Å². The maximum atomic E-state index is 10.1.